The highest BCUT2D eigenvalue weighted by Gasteiger charge is 2.12. The quantitative estimate of drug-likeness (QED) is 0.485. The summed E-state index contributed by atoms with van der Waals surface area (Å²) in [6, 6.07) is 0. The SMILES string of the molecule is Nc1nc2nc[nH]c2c(=O)n1COC(CO)CO. The van der Waals surface area contributed by atoms with Gasteiger partial charge in [0, 0.05) is 0 Å². The van der Waals surface area contributed by atoms with Crippen LogP contribution >= 0.6 is 0 Å². The van der Waals surface area contributed by atoms with Crippen LogP contribution in [-0.4, -0.2) is 49.0 Å². The molecule has 9 nitrogen and oxygen atoms in total. The molecule has 2 aromatic heterocycles. The maximum absolute atomic E-state index is 12.0. The molecule has 0 aliphatic carbocycles. The molecule has 0 saturated heterocycles. The normalized spacial score (nSPS) is 11.5. The number of nitrogen functional groups attached to an aromatic ring is 1. The van der Waals surface area contributed by atoms with Crippen molar-refractivity contribution in [2.45, 2.75) is 12.8 Å². The van der Waals surface area contributed by atoms with Gasteiger partial charge in [0.05, 0.1) is 19.5 Å². The summed E-state index contributed by atoms with van der Waals surface area (Å²) < 4.78 is 6.20. The fourth-order valence-electron chi connectivity index (χ4n) is 1.40. The summed E-state index contributed by atoms with van der Waals surface area (Å²) in [6.07, 6.45) is 0.572. The first-order valence-electron chi connectivity index (χ1n) is 5.20. The van der Waals surface area contributed by atoms with E-state index in [1.165, 1.54) is 6.33 Å². The van der Waals surface area contributed by atoms with Crippen molar-refractivity contribution in [3.05, 3.63) is 16.7 Å². The number of nitrogens with one attached hydrogen (secondary N) is 1. The lowest BCUT2D eigenvalue weighted by Crippen LogP contribution is -2.30. The van der Waals surface area contributed by atoms with E-state index in [2.05, 4.69) is 15.0 Å². The Morgan fingerprint density at radius 1 is 1.50 bits per heavy atom. The van der Waals surface area contributed by atoms with Crippen molar-refractivity contribution in [2.24, 2.45) is 0 Å². The molecule has 0 unspecified atom stereocenters. The third kappa shape index (κ3) is 2.18. The Labute approximate surface area is 101 Å². The molecule has 2 rings (SSSR count). The van der Waals surface area contributed by atoms with Crippen LogP contribution in [0.25, 0.3) is 11.2 Å². The number of nitrogens with two attached hydrogens (primary N) is 1. The highest BCUT2D eigenvalue weighted by atomic mass is 16.5. The number of nitrogens with zero attached hydrogens (tertiary/aromatic N) is 3. The van der Waals surface area contributed by atoms with E-state index >= 15 is 0 Å². The van der Waals surface area contributed by atoms with Crippen LogP contribution < -0.4 is 11.3 Å². The Morgan fingerprint density at radius 2 is 2.22 bits per heavy atom. The van der Waals surface area contributed by atoms with Crippen molar-refractivity contribution in [3.8, 4) is 0 Å². The van der Waals surface area contributed by atoms with Crippen molar-refractivity contribution in [2.75, 3.05) is 18.9 Å². The molecule has 5 N–H and O–H groups in total. The first kappa shape index (κ1) is 12.5. The molecule has 0 aromatic carbocycles. The van der Waals surface area contributed by atoms with Gasteiger partial charge in [-0.3, -0.25) is 9.36 Å². The summed E-state index contributed by atoms with van der Waals surface area (Å²) in [4.78, 5) is 22.4. The van der Waals surface area contributed by atoms with E-state index in [9.17, 15) is 4.79 Å². The summed E-state index contributed by atoms with van der Waals surface area (Å²) in [7, 11) is 0. The Kier molecular flexibility index (Phi) is 3.55. The molecule has 98 valence electrons. The molecule has 0 aliphatic rings. The molecule has 0 aliphatic heterocycles. The van der Waals surface area contributed by atoms with E-state index in [0.717, 1.165) is 4.57 Å². The number of fused-ring (bicyclic) bond motifs is 1. The number of aromatic amines is 1. The summed E-state index contributed by atoms with van der Waals surface area (Å²) in [5, 5.41) is 17.7. The monoisotopic (exact) mass is 255 g/mol. The van der Waals surface area contributed by atoms with Crippen LogP contribution in [-0.2, 0) is 11.5 Å². The van der Waals surface area contributed by atoms with Crippen LogP contribution in [0.5, 0.6) is 0 Å². The van der Waals surface area contributed by atoms with Crippen molar-refractivity contribution < 1.29 is 14.9 Å². The van der Waals surface area contributed by atoms with Crippen molar-refractivity contribution >= 4 is 17.1 Å². The van der Waals surface area contributed by atoms with Gasteiger partial charge in [-0.05, 0) is 0 Å². The smallest absolute Gasteiger partial charge is 0.282 e. The first-order valence-corrected chi connectivity index (χ1v) is 5.20. The zero-order chi connectivity index (χ0) is 13.1. The van der Waals surface area contributed by atoms with Crippen LogP contribution in [0, 0.1) is 0 Å². The van der Waals surface area contributed by atoms with Gasteiger partial charge in [-0.25, -0.2) is 4.98 Å². The topological polar surface area (TPSA) is 139 Å². The number of H-pyrrole nitrogens is 1. The van der Waals surface area contributed by atoms with Crippen LogP contribution in [0.1, 0.15) is 0 Å². The average molecular weight is 255 g/mol. The fraction of sp³-hybridized carbons (Fsp3) is 0.444. The molecule has 0 amide bonds. The predicted molar refractivity (Wildman–Crippen MR) is 61.6 cm³/mol. The predicted octanol–water partition coefficient (Wildman–Crippen LogP) is -1.97. The fourth-order valence-corrected chi connectivity index (χ4v) is 1.40. The minimum Gasteiger partial charge on any atom is -0.394 e. The second-order valence-corrected chi connectivity index (χ2v) is 3.59. The first-order chi connectivity index (χ1) is 8.67. The average Bonchev–Trinajstić information content (AvgIpc) is 2.82. The molecule has 0 spiro atoms. The lowest BCUT2D eigenvalue weighted by atomic mass is 10.4. The van der Waals surface area contributed by atoms with E-state index in [1.54, 1.807) is 0 Å². The molecule has 9 heteroatoms. The number of hydrogen-bond donors (Lipinski definition) is 4. The van der Waals surface area contributed by atoms with Gasteiger partial charge in [0.25, 0.3) is 5.56 Å². The van der Waals surface area contributed by atoms with Crippen LogP contribution in [0.15, 0.2) is 11.1 Å². The van der Waals surface area contributed by atoms with E-state index in [4.69, 9.17) is 20.7 Å². The Bertz CT molecular complexity index is 588. The molecular formula is C9H13N5O4. The molecule has 0 saturated carbocycles. The number of aliphatic hydroxyl groups excluding tert-OH is 2. The maximum Gasteiger partial charge on any atom is 0.282 e. The maximum atomic E-state index is 12.0. The van der Waals surface area contributed by atoms with Crippen molar-refractivity contribution in [3.63, 3.8) is 0 Å². The van der Waals surface area contributed by atoms with Gasteiger partial charge >= 0.3 is 0 Å². The second-order valence-electron chi connectivity index (χ2n) is 3.59. The van der Waals surface area contributed by atoms with Gasteiger partial charge in [-0.2, -0.15) is 4.98 Å². The lowest BCUT2D eigenvalue weighted by Gasteiger charge is -2.14. The third-order valence-corrected chi connectivity index (χ3v) is 2.42. The van der Waals surface area contributed by atoms with Crippen LogP contribution in [0.3, 0.4) is 0 Å². The molecular weight excluding hydrogens is 242 g/mol. The number of rotatable bonds is 5. The van der Waals surface area contributed by atoms with Gasteiger partial charge in [-0.15, -0.1) is 0 Å². The molecule has 0 radical (unpaired) electrons. The molecule has 0 bridgehead atoms. The Hall–Kier alpha value is -1.97. The Balaban J connectivity index is 2.30. The van der Waals surface area contributed by atoms with E-state index < -0.39 is 11.7 Å². The van der Waals surface area contributed by atoms with E-state index in [0.29, 0.717) is 0 Å². The van der Waals surface area contributed by atoms with E-state index in [1.807, 2.05) is 0 Å². The van der Waals surface area contributed by atoms with Gasteiger partial charge < -0.3 is 25.7 Å². The highest BCUT2D eigenvalue weighted by Crippen LogP contribution is 2.04. The summed E-state index contributed by atoms with van der Waals surface area (Å²) in [5.41, 5.74) is 5.63. The molecule has 2 heterocycles. The molecule has 0 fully saturated rings. The second kappa shape index (κ2) is 5.12. The summed E-state index contributed by atoms with van der Waals surface area (Å²) >= 11 is 0. The third-order valence-electron chi connectivity index (χ3n) is 2.42. The largest absolute Gasteiger partial charge is 0.394 e. The number of aromatic nitrogens is 4. The van der Waals surface area contributed by atoms with Crippen LogP contribution in [0.4, 0.5) is 5.95 Å². The van der Waals surface area contributed by atoms with Gasteiger partial charge in [0.15, 0.2) is 11.2 Å². The number of imidazole rings is 1. The zero-order valence-corrected chi connectivity index (χ0v) is 9.41. The lowest BCUT2D eigenvalue weighted by molar-refractivity contribution is -0.0502. The summed E-state index contributed by atoms with van der Waals surface area (Å²) in [6.45, 7) is -0.922. The molecule has 0 atom stereocenters. The number of ether oxygens (including phenoxy) is 1. The highest BCUT2D eigenvalue weighted by molar-refractivity contribution is 5.69. The Morgan fingerprint density at radius 3 is 2.89 bits per heavy atom. The standard InChI is InChI=1S/C9H13N5O4/c10-9-13-7-6(11-3-12-7)8(17)14(9)4-18-5(1-15)2-16/h3,5,15-16H,1-2,4H2,(H2,10,13)(H,11,12). The minimum atomic E-state index is -0.770. The van der Waals surface area contributed by atoms with Gasteiger partial charge in [-0.1, -0.05) is 0 Å². The molecule has 2 aromatic rings. The molecule has 18 heavy (non-hydrogen) atoms. The minimum absolute atomic E-state index is 0.0470. The van der Waals surface area contributed by atoms with Gasteiger partial charge in [0.2, 0.25) is 5.95 Å². The zero-order valence-electron chi connectivity index (χ0n) is 9.41. The van der Waals surface area contributed by atoms with E-state index in [-0.39, 0.29) is 37.1 Å². The number of anilines is 1. The number of aliphatic hydroxyl groups is 2. The van der Waals surface area contributed by atoms with Gasteiger partial charge in [0.1, 0.15) is 12.8 Å². The van der Waals surface area contributed by atoms with Crippen molar-refractivity contribution in [1.82, 2.24) is 19.5 Å². The summed E-state index contributed by atoms with van der Waals surface area (Å²) in [5.74, 6) is -0.0470. The van der Waals surface area contributed by atoms with Crippen LogP contribution in [0.2, 0.25) is 0 Å². The number of hydrogen-bond acceptors (Lipinski definition) is 7. The van der Waals surface area contributed by atoms with Crippen molar-refractivity contribution in [1.29, 1.82) is 0 Å².